The predicted octanol–water partition coefficient (Wildman–Crippen LogP) is 2.06. The van der Waals surface area contributed by atoms with Gasteiger partial charge in [-0.2, -0.15) is 0 Å². The average Bonchev–Trinajstić information content (AvgIpc) is 2.53. The average molecular weight is 295 g/mol. The van der Waals surface area contributed by atoms with E-state index in [1.807, 2.05) is 6.07 Å². The molecule has 2 N–H and O–H groups in total. The number of pyridine rings is 1. The number of ether oxygens (including phenoxy) is 1. The van der Waals surface area contributed by atoms with Crippen LogP contribution in [0.15, 0.2) is 48.7 Å². The van der Waals surface area contributed by atoms with Crippen LogP contribution in [0.4, 0.5) is 11.4 Å². The highest BCUT2D eigenvalue weighted by Gasteiger charge is 2.16. The van der Waals surface area contributed by atoms with Crippen molar-refractivity contribution in [1.82, 2.24) is 4.98 Å². The SMILES string of the molecule is O=C(/C=C/c1ccccn1)Nc1ccc2c(c1)NC(=O)CO2. The third kappa shape index (κ3) is 3.29. The van der Waals surface area contributed by atoms with E-state index in [-0.39, 0.29) is 18.4 Å². The Labute approximate surface area is 126 Å². The number of rotatable bonds is 3. The predicted molar refractivity (Wildman–Crippen MR) is 82.5 cm³/mol. The number of aromatic nitrogens is 1. The van der Waals surface area contributed by atoms with Crippen molar-refractivity contribution in [2.45, 2.75) is 0 Å². The van der Waals surface area contributed by atoms with Crippen LogP contribution in [0.25, 0.3) is 6.08 Å². The van der Waals surface area contributed by atoms with E-state index >= 15 is 0 Å². The molecule has 6 nitrogen and oxygen atoms in total. The first-order valence-electron chi connectivity index (χ1n) is 6.67. The molecule has 2 heterocycles. The normalized spacial score (nSPS) is 13.2. The molecule has 0 fully saturated rings. The number of fused-ring (bicyclic) bond motifs is 1. The summed E-state index contributed by atoms with van der Waals surface area (Å²) in [5.41, 5.74) is 1.81. The lowest BCUT2D eigenvalue weighted by molar-refractivity contribution is -0.118. The fourth-order valence-electron chi connectivity index (χ4n) is 1.98. The van der Waals surface area contributed by atoms with E-state index in [4.69, 9.17) is 4.74 Å². The maximum absolute atomic E-state index is 11.9. The van der Waals surface area contributed by atoms with Gasteiger partial charge in [0.15, 0.2) is 6.61 Å². The summed E-state index contributed by atoms with van der Waals surface area (Å²) in [6.45, 7) is 0.00548. The first kappa shape index (κ1) is 13.8. The molecule has 0 atom stereocenters. The topological polar surface area (TPSA) is 80.3 Å². The molecule has 0 spiro atoms. The number of anilines is 2. The molecule has 6 heteroatoms. The molecule has 1 aromatic carbocycles. The molecule has 0 saturated carbocycles. The van der Waals surface area contributed by atoms with Gasteiger partial charge in [-0.05, 0) is 36.4 Å². The van der Waals surface area contributed by atoms with E-state index in [0.29, 0.717) is 22.8 Å². The van der Waals surface area contributed by atoms with Gasteiger partial charge in [0.05, 0.1) is 11.4 Å². The third-order valence-corrected chi connectivity index (χ3v) is 2.97. The lowest BCUT2D eigenvalue weighted by Crippen LogP contribution is -2.25. The number of carbonyl (C=O) groups excluding carboxylic acids is 2. The molecule has 2 amide bonds. The summed E-state index contributed by atoms with van der Waals surface area (Å²) in [7, 11) is 0. The van der Waals surface area contributed by atoms with Crippen LogP contribution >= 0.6 is 0 Å². The largest absolute Gasteiger partial charge is 0.482 e. The molecule has 1 aromatic heterocycles. The van der Waals surface area contributed by atoms with Crippen LogP contribution in [0.3, 0.4) is 0 Å². The number of nitrogens with zero attached hydrogens (tertiary/aromatic N) is 1. The first-order chi connectivity index (χ1) is 10.7. The fraction of sp³-hybridized carbons (Fsp3) is 0.0625. The maximum Gasteiger partial charge on any atom is 0.262 e. The van der Waals surface area contributed by atoms with Crippen molar-refractivity contribution in [2.24, 2.45) is 0 Å². The van der Waals surface area contributed by atoms with Crippen LogP contribution in [0, 0.1) is 0 Å². The van der Waals surface area contributed by atoms with Crippen molar-refractivity contribution in [3.63, 3.8) is 0 Å². The Bertz CT molecular complexity index is 742. The minimum atomic E-state index is -0.284. The number of hydrogen-bond donors (Lipinski definition) is 2. The van der Waals surface area contributed by atoms with Crippen molar-refractivity contribution in [3.8, 4) is 5.75 Å². The second-order valence-corrected chi connectivity index (χ2v) is 4.62. The second-order valence-electron chi connectivity index (χ2n) is 4.62. The summed E-state index contributed by atoms with van der Waals surface area (Å²) < 4.78 is 5.25. The summed E-state index contributed by atoms with van der Waals surface area (Å²) >= 11 is 0. The van der Waals surface area contributed by atoms with Crippen LogP contribution < -0.4 is 15.4 Å². The van der Waals surface area contributed by atoms with Gasteiger partial charge in [0.1, 0.15) is 5.75 Å². The minimum Gasteiger partial charge on any atom is -0.482 e. The number of nitrogens with one attached hydrogen (secondary N) is 2. The van der Waals surface area contributed by atoms with Crippen molar-refractivity contribution in [2.75, 3.05) is 17.2 Å². The zero-order valence-electron chi connectivity index (χ0n) is 11.6. The molecule has 2 aromatic rings. The highest BCUT2D eigenvalue weighted by atomic mass is 16.5. The molecule has 22 heavy (non-hydrogen) atoms. The number of amides is 2. The van der Waals surface area contributed by atoms with Gasteiger partial charge in [-0.1, -0.05) is 6.07 Å². The lowest BCUT2D eigenvalue weighted by atomic mass is 10.2. The standard InChI is InChI=1S/C16H13N3O3/c20-15(7-5-11-3-1-2-8-17-11)18-12-4-6-14-13(9-12)19-16(21)10-22-14/h1-9H,10H2,(H,18,20)(H,19,21)/b7-5+. The monoisotopic (exact) mass is 295 g/mol. The van der Waals surface area contributed by atoms with Gasteiger partial charge < -0.3 is 15.4 Å². The minimum absolute atomic E-state index is 0.00548. The van der Waals surface area contributed by atoms with Crippen molar-refractivity contribution in [1.29, 1.82) is 0 Å². The summed E-state index contributed by atoms with van der Waals surface area (Å²) in [6.07, 6.45) is 4.68. The molecule has 0 bridgehead atoms. The Morgan fingerprint density at radius 1 is 1.32 bits per heavy atom. The first-order valence-corrected chi connectivity index (χ1v) is 6.67. The Morgan fingerprint density at radius 3 is 3.05 bits per heavy atom. The Morgan fingerprint density at radius 2 is 2.23 bits per heavy atom. The van der Waals surface area contributed by atoms with E-state index < -0.39 is 0 Å². The Kier molecular flexibility index (Phi) is 3.82. The van der Waals surface area contributed by atoms with Gasteiger partial charge >= 0.3 is 0 Å². The zero-order chi connectivity index (χ0) is 15.4. The molecule has 1 aliphatic heterocycles. The summed E-state index contributed by atoms with van der Waals surface area (Å²) in [5.74, 6) is 0.0845. The van der Waals surface area contributed by atoms with Crippen molar-refractivity contribution in [3.05, 3.63) is 54.4 Å². The molecule has 0 unspecified atom stereocenters. The van der Waals surface area contributed by atoms with Crippen LogP contribution in [0.5, 0.6) is 5.75 Å². The fourth-order valence-corrected chi connectivity index (χ4v) is 1.98. The molecule has 0 saturated heterocycles. The smallest absolute Gasteiger partial charge is 0.262 e. The molecule has 110 valence electrons. The van der Waals surface area contributed by atoms with Gasteiger partial charge in [0.25, 0.3) is 5.91 Å². The van der Waals surface area contributed by atoms with Gasteiger partial charge in [-0.15, -0.1) is 0 Å². The van der Waals surface area contributed by atoms with E-state index in [9.17, 15) is 9.59 Å². The van der Waals surface area contributed by atoms with Crippen LogP contribution in [0.1, 0.15) is 5.69 Å². The molecule has 0 radical (unpaired) electrons. The molecule has 1 aliphatic rings. The molecule has 0 aliphatic carbocycles. The van der Waals surface area contributed by atoms with E-state index in [2.05, 4.69) is 15.6 Å². The van der Waals surface area contributed by atoms with Crippen molar-refractivity contribution < 1.29 is 14.3 Å². The highest BCUT2D eigenvalue weighted by Crippen LogP contribution is 2.30. The number of carbonyl (C=O) groups is 2. The lowest BCUT2D eigenvalue weighted by Gasteiger charge is -2.18. The summed E-state index contributed by atoms with van der Waals surface area (Å²) in [4.78, 5) is 27.2. The van der Waals surface area contributed by atoms with Crippen LogP contribution in [0.2, 0.25) is 0 Å². The van der Waals surface area contributed by atoms with Crippen LogP contribution in [-0.2, 0) is 9.59 Å². The van der Waals surface area contributed by atoms with E-state index in [1.54, 1.807) is 42.6 Å². The second kappa shape index (κ2) is 6.09. The van der Waals surface area contributed by atoms with Gasteiger partial charge in [0.2, 0.25) is 5.91 Å². The third-order valence-electron chi connectivity index (χ3n) is 2.97. The maximum atomic E-state index is 11.9. The van der Waals surface area contributed by atoms with Crippen molar-refractivity contribution >= 4 is 29.3 Å². The number of hydrogen-bond acceptors (Lipinski definition) is 4. The van der Waals surface area contributed by atoms with E-state index in [0.717, 1.165) is 0 Å². The number of benzene rings is 1. The molecular formula is C16H13N3O3. The quantitative estimate of drug-likeness (QED) is 0.849. The van der Waals surface area contributed by atoms with Crippen LogP contribution in [-0.4, -0.2) is 23.4 Å². The summed E-state index contributed by atoms with van der Waals surface area (Å²) in [5, 5.41) is 5.40. The Hall–Kier alpha value is -3.15. The van der Waals surface area contributed by atoms with E-state index in [1.165, 1.54) is 6.08 Å². The van der Waals surface area contributed by atoms with Gasteiger partial charge in [-0.3, -0.25) is 14.6 Å². The Balaban J connectivity index is 1.68. The molecular weight excluding hydrogens is 282 g/mol. The van der Waals surface area contributed by atoms with Gasteiger partial charge in [0, 0.05) is 18.0 Å². The zero-order valence-corrected chi connectivity index (χ0v) is 11.6. The summed E-state index contributed by atoms with van der Waals surface area (Å²) in [6, 6.07) is 10.5. The molecule has 3 rings (SSSR count). The highest BCUT2D eigenvalue weighted by molar-refractivity contribution is 6.03. The van der Waals surface area contributed by atoms with Gasteiger partial charge in [-0.25, -0.2) is 0 Å².